The number of likely N-dealkylation sites (tertiary alicyclic amines) is 1. The second-order valence-corrected chi connectivity index (χ2v) is 7.03. The molecule has 0 aliphatic carbocycles. The molecule has 114 valence electrons. The maximum absolute atomic E-state index is 12.8. The average molecular weight is 306 g/mol. The van der Waals surface area contributed by atoms with Crippen molar-refractivity contribution >= 4 is 22.2 Å². The number of carbonyl (C=O) groups excluding carboxylic acids is 1. The molecule has 2 aromatic heterocycles. The standard InChI is InChI=1S/C15H22N4OS/c1-10(2)13-16-17-15-19(13)11(3)12(21-15)14(20)18-8-6-4-5-7-9-18/h10H,4-9H2,1-3H3. The largest absolute Gasteiger partial charge is 0.338 e. The van der Waals surface area contributed by atoms with Crippen molar-refractivity contribution < 1.29 is 4.79 Å². The fourth-order valence-electron chi connectivity index (χ4n) is 2.92. The monoisotopic (exact) mass is 306 g/mol. The van der Waals surface area contributed by atoms with Gasteiger partial charge in [-0.05, 0) is 19.8 Å². The van der Waals surface area contributed by atoms with E-state index in [0.717, 1.165) is 47.3 Å². The lowest BCUT2D eigenvalue weighted by atomic mass is 10.2. The number of hydrogen-bond donors (Lipinski definition) is 0. The normalized spacial score (nSPS) is 16.7. The van der Waals surface area contributed by atoms with E-state index in [-0.39, 0.29) is 5.91 Å². The molecule has 0 atom stereocenters. The highest BCUT2D eigenvalue weighted by Crippen LogP contribution is 2.27. The molecule has 6 heteroatoms. The summed E-state index contributed by atoms with van der Waals surface area (Å²) >= 11 is 1.47. The summed E-state index contributed by atoms with van der Waals surface area (Å²) in [6.45, 7) is 7.97. The van der Waals surface area contributed by atoms with Crippen molar-refractivity contribution in [2.75, 3.05) is 13.1 Å². The second kappa shape index (κ2) is 5.75. The summed E-state index contributed by atoms with van der Waals surface area (Å²) in [7, 11) is 0. The Balaban J connectivity index is 1.96. The highest BCUT2D eigenvalue weighted by molar-refractivity contribution is 7.19. The van der Waals surface area contributed by atoms with Gasteiger partial charge in [0.1, 0.15) is 10.7 Å². The summed E-state index contributed by atoms with van der Waals surface area (Å²) in [6, 6.07) is 0. The van der Waals surface area contributed by atoms with E-state index in [1.807, 2.05) is 16.2 Å². The lowest BCUT2D eigenvalue weighted by molar-refractivity contribution is 0.0765. The first-order valence-electron chi connectivity index (χ1n) is 7.73. The summed E-state index contributed by atoms with van der Waals surface area (Å²) in [5.74, 6) is 1.41. The molecule has 3 rings (SSSR count). The van der Waals surface area contributed by atoms with Gasteiger partial charge in [-0.15, -0.1) is 10.2 Å². The Labute approximate surface area is 129 Å². The van der Waals surface area contributed by atoms with Crippen molar-refractivity contribution in [3.63, 3.8) is 0 Å². The van der Waals surface area contributed by atoms with Crippen LogP contribution < -0.4 is 0 Å². The van der Waals surface area contributed by atoms with Gasteiger partial charge < -0.3 is 4.90 Å². The van der Waals surface area contributed by atoms with E-state index < -0.39 is 0 Å². The molecule has 3 heterocycles. The van der Waals surface area contributed by atoms with Crippen LogP contribution in [0.1, 0.15) is 66.6 Å². The lowest BCUT2D eigenvalue weighted by Gasteiger charge is -2.19. The molecule has 0 saturated carbocycles. The first-order valence-corrected chi connectivity index (χ1v) is 8.55. The molecular formula is C15H22N4OS. The third-order valence-corrected chi connectivity index (χ3v) is 5.24. The van der Waals surface area contributed by atoms with Gasteiger partial charge in [-0.25, -0.2) is 0 Å². The van der Waals surface area contributed by atoms with Crippen molar-refractivity contribution in [1.29, 1.82) is 0 Å². The molecule has 0 radical (unpaired) electrons. The predicted molar refractivity (Wildman–Crippen MR) is 84.1 cm³/mol. The molecule has 5 nitrogen and oxygen atoms in total. The molecule has 1 aliphatic rings. The quantitative estimate of drug-likeness (QED) is 0.856. The number of rotatable bonds is 2. The number of thiazole rings is 1. The van der Waals surface area contributed by atoms with Crippen LogP contribution in [0.2, 0.25) is 0 Å². The van der Waals surface area contributed by atoms with Crippen molar-refractivity contribution in [1.82, 2.24) is 19.5 Å². The minimum atomic E-state index is 0.166. The van der Waals surface area contributed by atoms with Gasteiger partial charge in [0.25, 0.3) is 5.91 Å². The summed E-state index contributed by atoms with van der Waals surface area (Å²) in [5.41, 5.74) is 0.984. The molecule has 1 saturated heterocycles. The van der Waals surface area contributed by atoms with Gasteiger partial charge in [-0.2, -0.15) is 0 Å². The highest BCUT2D eigenvalue weighted by atomic mass is 32.1. The third-order valence-electron chi connectivity index (χ3n) is 4.12. The fourth-order valence-corrected chi connectivity index (χ4v) is 3.96. The lowest BCUT2D eigenvalue weighted by Crippen LogP contribution is -2.31. The zero-order chi connectivity index (χ0) is 15.0. The molecule has 0 aromatic carbocycles. The summed E-state index contributed by atoms with van der Waals surface area (Å²) < 4.78 is 2.04. The average Bonchev–Trinajstić information content (AvgIpc) is 2.87. The maximum Gasteiger partial charge on any atom is 0.265 e. The third kappa shape index (κ3) is 2.57. The van der Waals surface area contributed by atoms with Crippen LogP contribution in [0.4, 0.5) is 0 Å². The van der Waals surface area contributed by atoms with Gasteiger partial charge in [-0.3, -0.25) is 9.20 Å². The van der Waals surface area contributed by atoms with Crippen LogP contribution in [0, 0.1) is 6.92 Å². The maximum atomic E-state index is 12.8. The molecule has 0 spiro atoms. The van der Waals surface area contributed by atoms with Crippen LogP contribution in [-0.2, 0) is 0 Å². The number of aromatic nitrogens is 3. The van der Waals surface area contributed by atoms with E-state index in [4.69, 9.17) is 0 Å². The van der Waals surface area contributed by atoms with Gasteiger partial charge >= 0.3 is 0 Å². The van der Waals surface area contributed by atoms with Crippen LogP contribution >= 0.6 is 11.3 Å². The first-order chi connectivity index (χ1) is 10.1. The van der Waals surface area contributed by atoms with Crippen molar-refractivity contribution in [2.45, 2.75) is 52.4 Å². The molecule has 1 amide bonds. The van der Waals surface area contributed by atoms with E-state index in [0.29, 0.717) is 5.92 Å². The molecule has 1 aliphatic heterocycles. The SMILES string of the molecule is Cc1c(C(=O)N2CCCCCC2)sc2nnc(C(C)C)n12. The second-order valence-electron chi connectivity index (χ2n) is 6.05. The summed E-state index contributed by atoms with van der Waals surface area (Å²) in [6.07, 6.45) is 4.70. The van der Waals surface area contributed by atoms with Gasteiger partial charge in [0.15, 0.2) is 0 Å². The van der Waals surface area contributed by atoms with Gasteiger partial charge in [0.05, 0.1) is 0 Å². The Kier molecular flexibility index (Phi) is 3.97. The Morgan fingerprint density at radius 3 is 2.43 bits per heavy atom. The molecule has 21 heavy (non-hydrogen) atoms. The molecule has 2 aromatic rings. The van der Waals surface area contributed by atoms with Crippen LogP contribution in [0.5, 0.6) is 0 Å². The predicted octanol–water partition coefficient (Wildman–Crippen LogP) is 3.24. The number of amides is 1. The smallest absolute Gasteiger partial charge is 0.265 e. The highest BCUT2D eigenvalue weighted by Gasteiger charge is 2.25. The van der Waals surface area contributed by atoms with Gasteiger partial charge in [-0.1, -0.05) is 38.0 Å². The summed E-state index contributed by atoms with van der Waals surface area (Å²) in [4.78, 5) is 16.5. The van der Waals surface area contributed by atoms with E-state index in [1.165, 1.54) is 24.2 Å². The Morgan fingerprint density at radius 1 is 1.14 bits per heavy atom. The fraction of sp³-hybridized carbons (Fsp3) is 0.667. The van der Waals surface area contributed by atoms with E-state index in [1.54, 1.807) is 0 Å². The first kappa shape index (κ1) is 14.5. The minimum Gasteiger partial charge on any atom is -0.338 e. The molecule has 1 fully saturated rings. The number of carbonyl (C=O) groups is 1. The van der Waals surface area contributed by atoms with Crippen LogP contribution in [0.15, 0.2) is 0 Å². The zero-order valence-electron chi connectivity index (χ0n) is 12.9. The molecule has 0 unspecified atom stereocenters. The van der Waals surface area contributed by atoms with E-state index >= 15 is 0 Å². The molecule has 0 bridgehead atoms. The minimum absolute atomic E-state index is 0.166. The molecule has 0 N–H and O–H groups in total. The Morgan fingerprint density at radius 2 is 1.81 bits per heavy atom. The molecular weight excluding hydrogens is 284 g/mol. The van der Waals surface area contributed by atoms with Crippen molar-refractivity contribution in [3.05, 3.63) is 16.4 Å². The number of hydrogen-bond acceptors (Lipinski definition) is 4. The van der Waals surface area contributed by atoms with Crippen LogP contribution in [-0.4, -0.2) is 38.5 Å². The van der Waals surface area contributed by atoms with E-state index in [9.17, 15) is 4.79 Å². The number of aryl methyl sites for hydroxylation is 1. The number of nitrogens with zero attached hydrogens (tertiary/aromatic N) is 4. The van der Waals surface area contributed by atoms with Crippen LogP contribution in [0.3, 0.4) is 0 Å². The number of fused-ring (bicyclic) bond motifs is 1. The van der Waals surface area contributed by atoms with Gasteiger partial charge in [0.2, 0.25) is 4.96 Å². The Hall–Kier alpha value is -1.43. The zero-order valence-corrected chi connectivity index (χ0v) is 13.7. The van der Waals surface area contributed by atoms with Crippen LogP contribution in [0.25, 0.3) is 4.96 Å². The Bertz CT molecular complexity index is 650. The topological polar surface area (TPSA) is 50.5 Å². The van der Waals surface area contributed by atoms with Crippen molar-refractivity contribution in [3.8, 4) is 0 Å². The summed E-state index contributed by atoms with van der Waals surface area (Å²) in [5, 5.41) is 8.47. The van der Waals surface area contributed by atoms with E-state index in [2.05, 4.69) is 24.0 Å². The van der Waals surface area contributed by atoms with Gasteiger partial charge in [0, 0.05) is 24.7 Å². The van der Waals surface area contributed by atoms with Crippen molar-refractivity contribution in [2.24, 2.45) is 0 Å².